The smallest absolute Gasteiger partial charge is 0.236 e. The van der Waals surface area contributed by atoms with E-state index in [4.69, 9.17) is 5.73 Å². The fourth-order valence-corrected chi connectivity index (χ4v) is 2.90. The van der Waals surface area contributed by atoms with Crippen molar-refractivity contribution in [3.63, 3.8) is 0 Å². The molecule has 0 saturated carbocycles. The number of rotatable bonds is 4. The number of aryl methyl sites for hydroxylation is 1. The summed E-state index contributed by atoms with van der Waals surface area (Å²) in [5.74, 6) is -0.129. The summed E-state index contributed by atoms with van der Waals surface area (Å²) in [6.07, 6.45) is 0. The van der Waals surface area contributed by atoms with E-state index in [0.717, 1.165) is 12.1 Å². The van der Waals surface area contributed by atoms with Crippen LogP contribution in [-0.4, -0.2) is 16.5 Å². The van der Waals surface area contributed by atoms with Crippen molar-refractivity contribution in [3.8, 4) is 0 Å². The highest BCUT2D eigenvalue weighted by molar-refractivity contribution is 6.08. The first kappa shape index (κ1) is 14.6. The summed E-state index contributed by atoms with van der Waals surface area (Å²) < 4.78 is 2.31. The maximum atomic E-state index is 11.6. The third kappa shape index (κ3) is 2.46. The summed E-state index contributed by atoms with van der Waals surface area (Å²) in [4.78, 5) is 11.6. The SMILES string of the molecule is CCn1c2ccccc2c2cc(CNC(=O)C(C)N)ccc21. The standard InChI is InChI=1S/C18H21N3O/c1-3-21-16-7-5-4-6-14(16)15-10-13(8-9-17(15)21)11-20-18(22)12(2)19/h4-10,12H,3,11,19H2,1-2H3,(H,20,22). The number of carbonyl (C=O) groups excluding carboxylic acids is 1. The molecule has 3 aromatic rings. The molecule has 0 aliphatic heterocycles. The monoisotopic (exact) mass is 295 g/mol. The third-order valence-corrected chi connectivity index (χ3v) is 4.03. The zero-order chi connectivity index (χ0) is 15.7. The highest BCUT2D eigenvalue weighted by Crippen LogP contribution is 2.29. The van der Waals surface area contributed by atoms with Crippen LogP contribution in [-0.2, 0) is 17.9 Å². The highest BCUT2D eigenvalue weighted by atomic mass is 16.2. The highest BCUT2D eigenvalue weighted by Gasteiger charge is 2.10. The second-order valence-corrected chi connectivity index (χ2v) is 5.62. The van der Waals surface area contributed by atoms with Gasteiger partial charge in [0, 0.05) is 34.9 Å². The van der Waals surface area contributed by atoms with Gasteiger partial charge in [0.15, 0.2) is 0 Å². The topological polar surface area (TPSA) is 60.0 Å². The van der Waals surface area contributed by atoms with Crippen molar-refractivity contribution in [1.82, 2.24) is 9.88 Å². The first-order valence-corrected chi connectivity index (χ1v) is 7.65. The van der Waals surface area contributed by atoms with Gasteiger partial charge in [-0.2, -0.15) is 0 Å². The Labute approximate surface area is 129 Å². The Kier molecular flexibility index (Phi) is 3.86. The summed E-state index contributed by atoms with van der Waals surface area (Å²) in [6.45, 7) is 5.28. The molecule has 0 aliphatic carbocycles. The first-order valence-electron chi connectivity index (χ1n) is 7.65. The Hall–Kier alpha value is -2.33. The third-order valence-electron chi connectivity index (χ3n) is 4.03. The maximum Gasteiger partial charge on any atom is 0.236 e. The zero-order valence-electron chi connectivity index (χ0n) is 13.0. The van der Waals surface area contributed by atoms with Crippen molar-refractivity contribution in [2.75, 3.05) is 0 Å². The first-order chi connectivity index (χ1) is 10.6. The van der Waals surface area contributed by atoms with Crippen molar-refractivity contribution in [1.29, 1.82) is 0 Å². The predicted octanol–water partition coefficient (Wildman–Crippen LogP) is 2.78. The van der Waals surface area contributed by atoms with Crippen LogP contribution in [0.2, 0.25) is 0 Å². The molecule has 1 amide bonds. The van der Waals surface area contributed by atoms with Gasteiger partial charge >= 0.3 is 0 Å². The Morgan fingerprint density at radius 3 is 2.64 bits per heavy atom. The summed E-state index contributed by atoms with van der Waals surface area (Å²) in [5.41, 5.74) is 9.13. The lowest BCUT2D eigenvalue weighted by atomic mass is 10.1. The minimum Gasteiger partial charge on any atom is -0.351 e. The zero-order valence-corrected chi connectivity index (χ0v) is 13.0. The number of benzene rings is 2. The second-order valence-electron chi connectivity index (χ2n) is 5.62. The van der Waals surface area contributed by atoms with Crippen LogP contribution in [0.15, 0.2) is 42.5 Å². The lowest BCUT2D eigenvalue weighted by Gasteiger charge is -2.08. The number of amides is 1. The molecule has 3 N–H and O–H groups in total. The summed E-state index contributed by atoms with van der Waals surface area (Å²) >= 11 is 0. The quantitative estimate of drug-likeness (QED) is 0.777. The molecule has 1 unspecified atom stereocenters. The molecular formula is C18H21N3O. The molecule has 22 heavy (non-hydrogen) atoms. The van der Waals surface area contributed by atoms with E-state index in [0.29, 0.717) is 6.54 Å². The Morgan fingerprint density at radius 2 is 1.91 bits per heavy atom. The largest absolute Gasteiger partial charge is 0.351 e. The fourth-order valence-electron chi connectivity index (χ4n) is 2.90. The van der Waals surface area contributed by atoms with E-state index >= 15 is 0 Å². The van der Waals surface area contributed by atoms with Crippen molar-refractivity contribution in [2.24, 2.45) is 5.73 Å². The number of para-hydroxylation sites is 1. The van der Waals surface area contributed by atoms with Crippen LogP contribution in [0.4, 0.5) is 0 Å². The number of carbonyl (C=O) groups is 1. The van der Waals surface area contributed by atoms with Gasteiger partial charge in [-0.25, -0.2) is 0 Å². The Morgan fingerprint density at radius 1 is 1.18 bits per heavy atom. The molecule has 114 valence electrons. The number of fused-ring (bicyclic) bond motifs is 3. The van der Waals surface area contributed by atoms with Crippen LogP contribution >= 0.6 is 0 Å². The van der Waals surface area contributed by atoms with Gasteiger partial charge in [-0.1, -0.05) is 24.3 Å². The lowest BCUT2D eigenvalue weighted by Crippen LogP contribution is -2.37. The normalized spacial score (nSPS) is 12.7. The van der Waals surface area contributed by atoms with Gasteiger partial charge in [0.25, 0.3) is 0 Å². The van der Waals surface area contributed by atoms with Gasteiger partial charge in [-0.05, 0) is 37.6 Å². The maximum absolute atomic E-state index is 11.6. The van der Waals surface area contributed by atoms with Crippen LogP contribution in [0.25, 0.3) is 21.8 Å². The Balaban J connectivity index is 2.02. The van der Waals surface area contributed by atoms with E-state index in [9.17, 15) is 4.79 Å². The van der Waals surface area contributed by atoms with Crippen molar-refractivity contribution < 1.29 is 4.79 Å². The van der Waals surface area contributed by atoms with Gasteiger partial charge in [0.05, 0.1) is 6.04 Å². The molecule has 0 saturated heterocycles. The van der Waals surface area contributed by atoms with E-state index in [1.807, 2.05) is 0 Å². The number of nitrogens with zero attached hydrogens (tertiary/aromatic N) is 1. The van der Waals surface area contributed by atoms with Crippen molar-refractivity contribution in [2.45, 2.75) is 33.0 Å². The molecule has 1 atom stereocenters. The van der Waals surface area contributed by atoms with Crippen LogP contribution in [0.3, 0.4) is 0 Å². The summed E-state index contributed by atoms with van der Waals surface area (Å²) in [5, 5.41) is 5.34. The van der Waals surface area contributed by atoms with Crippen molar-refractivity contribution >= 4 is 27.7 Å². The molecule has 4 nitrogen and oxygen atoms in total. The molecule has 0 bridgehead atoms. The van der Waals surface area contributed by atoms with Gasteiger partial charge in [-0.15, -0.1) is 0 Å². The molecular weight excluding hydrogens is 274 g/mol. The molecule has 4 heteroatoms. The summed E-state index contributed by atoms with van der Waals surface area (Å²) in [6, 6.07) is 14.3. The van der Waals surface area contributed by atoms with Crippen LogP contribution < -0.4 is 11.1 Å². The molecule has 0 radical (unpaired) electrons. The molecule has 0 spiro atoms. The molecule has 3 rings (SSSR count). The van der Waals surface area contributed by atoms with E-state index in [2.05, 4.69) is 59.3 Å². The number of nitrogens with one attached hydrogen (secondary N) is 1. The average Bonchev–Trinajstić information content (AvgIpc) is 2.85. The number of hydrogen-bond donors (Lipinski definition) is 2. The average molecular weight is 295 g/mol. The van der Waals surface area contributed by atoms with E-state index < -0.39 is 6.04 Å². The van der Waals surface area contributed by atoms with E-state index in [1.165, 1.54) is 21.8 Å². The Bertz CT molecular complexity index is 833. The van der Waals surface area contributed by atoms with E-state index in [1.54, 1.807) is 6.92 Å². The number of aromatic nitrogens is 1. The van der Waals surface area contributed by atoms with Crippen LogP contribution in [0.5, 0.6) is 0 Å². The minimum atomic E-state index is -0.481. The van der Waals surface area contributed by atoms with Gasteiger partial charge in [0.1, 0.15) is 0 Å². The lowest BCUT2D eigenvalue weighted by molar-refractivity contribution is -0.122. The number of hydrogen-bond acceptors (Lipinski definition) is 2. The molecule has 1 heterocycles. The predicted molar refractivity (Wildman–Crippen MR) is 90.6 cm³/mol. The van der Waals surface area contributed by atoms with Crippen LogP contribution in [0, 0.1) is 0 Å². The minimum absolute atomic E-state index is 0.129. The van der Waals surface area contributed by atoms with E-state index in [-0.39, 0.29) is 5.91 Å². The van der Waals surface area contributed by atoms with Crippen LogP contribution in [0.1, 0.15) is 19.4 Å². The molecule has 2 aromatic carbocycles. The molecule has 0 aliphatic rings. The van der Waals surface area contributed by atoms with Gasteiger partial charge in [0.2, 0.25) is 5.91 Å². The number of nitrogens with two attached hydrogens (primary N) is 1. The van der Waals surface area contributed by atoms with Gasteiger partial charge < -0.3 is 15.6 Å². The summed E-state index contributed by atoms with van der Waals surface area (Å²) in [7, 11) is 0. The second kappa shape index (κ2) is 5.81. The van der Waals surface area contributed by atoms with Gasteiger partial charge in [-0.3, -0.25) is 4.79 Å². The van der Waals surface area contributed by atoms with Crippen molar-refractivity contribution in [3.05, 3.63) is 48.0 Å². The molecule has 1 aromatic heterocycles. The fraction of sp³-hybridized carbons (Fsp3) is 0.278. The molecule has 0 fully saturated rings.